The van der Waals surface area contributed by atoms with Gasteiger partial charge in [-0.3, -0.25) is 4.72 Å². The lowest BCUT2D eigenvalue weighted by Crippen LogP contribution is -2.15. The predicted octanol–water partition coefficient (Wildman–Crippen LogP) is 3.02. The van der Waals surface area contributed by atoms with Gasteiger partial charge in [-0.25, -0.2) is 17.2 Å². The zero-order valence-corrected chi connectivity index (χ0v) is 12.9. The zero-order chi connectivity index (χ0) is 15.6. The Bertz CT molecular complexity index is 781. The molecule has 2 N–H and O–H groups in total. The Balaban J connectivity index is 2.41. The maximum atomic E-state index is 13.8. The molecule has 112 valence electrons. The smallest absolute Gasteiger partial charge is 0.264 e. The molecule has 0 radical (unpaired) electrons. The van der Waals surface area contributed by atoms with Gasteiger partial charge in [0.25, 0.3) is 10.0 Å². The Morgan fingerprint density at radius 3 is 2.48 bits per heavy atom. The van der Waals surface area contributed by atoms with Crippen LogP contribution in [0.5, 0.6) is 0 Å². The standard InChI is InChI=1S/C13H10BrF2NO3S/c14-10-3-2-9(15)6-12(10)17-21(19,20)13-4-1-8(7-18)5-11(13)16/h1-6,17-18H,7H2. The minimum absolute atomic E-state index is 0.0411. The van der Waals surface area contributed by atoms with Crippen molar-refractivity contribution in [3.05, 3.63) is 58.1 Å². The summed E-state index contributed by atoms with van der Waals surface area (Å²) in [6.07, 6.45) is 0. The Kier molecular flexibility index (Phi) is 4.60. The predicted molar refractivity (Wildman–Crippen MR) is 77.2 cm³/mol. The van der Waals surface area contributed by atoms with Crippen molar-refractivity contribution in [3.63, 3.8) is 0 Å². The molecule has 2 aromatic rings. The molecule has 0 bridgehead atoms. The van der Waals surface area contributed by atoms with E-state index in [-0.39, 0.29) is 11.3 Å². The zero-order valence-electron chi connectivity index (χ0n) is 10.5. The molecule has 2 rings (SSSR count). The second kappa shape index (κ2) is 6.08. The second-order valence-corrected chi connectivity index (χ2v) is 6.66. The fourth-order valence-corrected chi connectivity index (χ4v) is 3.24. The summed E-state index contributed by atoms with van der Waals surface area (Å²) in [6, 6.07) is 6.71. The molecule has 0 atom stereocenters. The van der Waals surface area contributed by atoms with Crippen molar-refractivity contribution < 1.29 is 22.3 Å². The minimum atomic E-state index is -4.21. The van der Waals surface area contributed by atoms with Crippen molar-refractivity contribution >= 4 is 31.6 Å². The van der Waals surface area contributed by atoms with Crippen LogP contribution < -0.4 is 4.72 Å². The molecule has 0 aromatic heterocycles. The third kappa shape index (κ3) is 3.58. The van der Waals surface area contributed by atoms with Crippen LogP contribution in [0.25, 0.3) is 0 Å². The van der Waals surface area contributed by atoms with Crippen LogP contribution in [0.3, 0.4) is 0 Å². The maximum Gasteiger partial charge on any atom is 0.264 e. The highest BCUT2D eigenvalue weighted by Gasteiger charge is 2.20. The molecule has 0 fully saturated rings. The Labute approximate surface area is 128 Å². The number of anilines is 1. The number of nitrogens with one attached hydrogen (secondary N) is 1. The highest BCUT2D eigenvalue weighted by molar-refractivity contribution is 9.10. The van der Waals surface area contributed by atoms with E-state index in [2.05, 4.69) is 20.7 Å². The van der Waals surface area contributed by atoms with Crippen LogP contribution in [-0.4, -0.2) is 13.5 Å². The van der Waals surface area contributed by atoms with Crippen molar-refractivity contribution in [2.75, 3.05) is 4.72 Å². The van der Waals surface area contributed by atoms with E-state index in [1.165, 1.54) is 12.1 Å². The van der Waals surface area contributed by atoms with E-state index in [1.54, 1.807) is 0 Å². The van der Waals surface area contributed by atoms with Gasteiger partial charge in [0.05, 0.1) is 12.3 Å². The number of halogens is 3. The molecule has 0 aliphatic heterocycles. The van der Waals surface area contributed by atoms with Gasteiger partial charge in [0.15, 0.2) is 0 Å². The number of benzene rings is 2. The summed E-state index contributed by atoms with van der Waals surface area (Å²) in [6.45, 7) is -0.403. The number of hydrogen-bond acceptors (Lipinski definition) is 3. The van der Waals surface area contributed by atoms with Gasteiger partial charge in [-0.1, -0.05) is 6.07 Å². The lowest BCUT2D eigenvalue weighted by Gasteiger charge is -2.11. The molecule has 0 spiro atoms. The monoisotopic (exact) mass is 377 g/mol. The molecule has 0 aliphatic rings. The minimum Gasteiger partial charge on any atom is -0.392 e. The van der Waals surface area contributed by atoms with Crippen molar-refractivity contribution in [2.45, 2.75) is 11.5 Å². The van der Waals surface area contributed by atoms with Crippen LogP contribution in [0.15, 0.2) is 45.8 Å². The molecule has 0 saturated carbocycles. The molecule has 2 aromatic carbocycles. The fraction of sp³-hybridized carbons (Fsp3) is 0.0769. The molecule has 0 heterocycles. The third-order valence-corrected chi connectivity index (χ3v) is 4.73. The van der Waals surface area contributed by atoms with Gasteiger partial charge < -0.3 is 5.11 Å². The summed E-state index contributed by atoms with van der Waals surface area (Å²) >= 11 is 3.08. The van der Waals surface area contributed by atoms with Crippen molar-refractivity contribution in [1.82, 2.24) is 0 Å². The fourth-order valence-electron chi connectivity index (χ4n) is 1.64. The first-order chi connectivity index (χ1) is 9.83. The first-order valence-electron chi connectivity index (χ1n) is 5.70. The highest BCUT2D eigenvalue weighted by atomic mass is 79.9. The molecular weight excluding hydrogens is 368 g/mol. The van der Waals surface area contributed by atoms with Crippen molar-refractivity contribution in [1.29, 1.82) is 0 Å². The first kappa shape index (κ1) is 15.9. The van der Waals surface area contributed by atoms with Crippen LogP contribution in [0.2, 0.25) is 0 Å². The summed E-state index contributed by atoms with van der Waals surface area (Å²) < 4.78 is 53.6. The Morgan fingerprint density at radius 1 is 1.14 bits per heavy atom. The molecule has 8 heteroatoms. The summed E-state index contributed by atoms with van der Waals surface area (Å²) in [5.74, 6) is -1.63. The van der Waals surface area contributed by atoms with E-state index < -0.39 is 33.2 Å². The average molecular weight is 378 g/mol. The van der Waals surface area contributed by atoms with E-state index >= 15 is 0 Å². The van der Waals surface area contributed by atoms with E-state index in [0.717, 1.165) is 24.3 Å². The molecular formula is C13H10BrF2NO3S. The number of sulfonamides is 1. The molecule has 4 nitrogen and oxygen atoms in total. The summed E-state index contributed by atoms with van der Waals surface area (Å²) in [7, 11) is -4.21. The van der Waals surface area contributed by atoms with Crippen LogP contribution in [0.1, 0.15) is 5.56 Å². The normalized spacial score (nSPS) is 11.4. The number of aliphatic hydroxyl groups excluding tert-OH is 1. The quantitative estimate of drug-likeness (QED) is 0.860. The number of rotatable bonds is 4. The van der Waals surface area contributed by atoms with Gasteiger partial charge in [-0.15, -0.1) is 0 Å². The van der Waals surface area contributed by atoms with Gasteiger partial charge in [-0.05, 0) is 51.8 Å². The first-order valence-corrected chi connectivity index (χ1v) is 7.98. The molecule has 21 heavy (non-hydrogen) atoms. The number of hydrogen-bond donors (Lipinski definition) is 2. The maximum absolute atomic E-state index is 13.8. The van der Waals surface area contributed by atoms with Crippen LogP contribution in [0.4, 0.5) is 14.5 Å². The van der Waals surface area contributed by atoms with Crippen molar-refractivity contribution in [3.8, 4) is 0 Å². The van der Waals surface area contributed by atoms with Crippen LogP contribution in [-0.2, 0) is 16.6 Å². The highest BCUT2D eigenvalue weighted by Crippen LogP contribution is 2.26. The van der Waals surface area contributed by atoms with Crippen LogP contribution in [0, 0.1) is 11.6 Å². The van der Waals surface area contributed by atoms with E-state index in [9.17, 15) is 17.2 Å². The van der Waals surface area contributed by atoms with Gasteiger partial charge in [0.2, 0.25) is 0 Å². The topological polar surface area (TPSA) is 66.4 Å². The third-order valence-electron chi connectivity index (χ3n) is 2.64. The lowest BCUT2D eigenvalue weighted by atomic mass is 10.2. The van der Waals surface area contributed by atoms with Gasteiger partial charge in [0, 0.05) is 4.47 Å². The van der Waals surface area contributed by atoms with Gasteiger partial charge in [0.1, 0.15) is 16.5 Å². The molecule has 0 saturated heterocycles. The van der Waals surface area contributed by atoms with Crippen LogP contribution >= 0.6 is 15.9 Å². The molecule has 0 unspecified atom stereocenters. The van der Waals surface area contributed by atoms with Crippen molar-refractivity contribution in [2.24, 2.45) is 0 Å². The summed E-state index contributed by atoms with van der Waals surface area (Å²) in [5.41, 5.74) is 0.207. The lowest BCUT2D eigenvalue weighted by molar-refractivity contribution is 0.281. The van der Waals surface area contributed by atoms with Gasteiger partial charge >= 0.3 is 0 Å². The largest absolute Gasteiger partial charge is 0.392 e. The SMILES string of the molecule is O=S(=O)(Nc1cc(F)ccc1Br)c1ccc(CO)cc1F. The molecule has 0 amide bonds. The average Bonchev–Trinajstić information content (AvgIpc) is 2.42. The Morgan fingerprint density at radius 2 is 1.86 bits per heavy atom. The van der Waals surface area contributed by atoms with Gasteiger partial charge in [-0.2, -0.15) is 0 Å². The molecule has 0 aliphatic carbocycles. The van der Waals surface area contributed by atoms with E-state index in [0.29, 0.717) is 4.47 Å². The Hall–Kier alpha value is -1.51. The van der Waals surface area contributed by atoms with E-state index in [1.807, 2.05) is 0 Å². The summed E-state index contributed by atoms with van der Waals surface area (Å²) in [4.78, 5) is -0.587. The number of aliphatic hydroxyl groups is 1. The van der Waals surface area contributed by atoms with E-state index in [4.69, 9.17) is 5.11 Å². The second-order valence-electron chi connectivity index (χ2n) is 4.15. The summed E-state index contributed by atoms with van der Waals surface area (Å²) in [5, 5.41) is 8.88.